The van der Waals surface area contributed by atoms with Crippen molar-refractivity contribution >= 4 is 5.91 Å². The van der Waals surface area contributed by atoms with Gasteiger partial charge in [-0.2, -0.15) is 0 Å². The van der Waals surface area contributed by atoms with Crippen LogP contribution in [0, 0.1) is 0 Å². The van der Waals surface area contributed by atoms with Gasteiger partial charge < -0.3 is 9.15 Å². The van der Waals surface area contributed by atoms with Gasteiger partial charge in [0, 0.05) is 6.54 Å². The molecule has 0 bridgehead atoms. The van der Waals surface area contributed by atoms with Crippen LogP contribution in [-0.4, -0.2) is 25.0 Å². The summed E-state index contributed by atoms with van der Waals surface area (Å²) in [5, 5.41) is 0. The van der Waals surface area contributed by atoms with Gasteiger partial charge in [-0.15, -0.1) is 0 Å². The molecule has 2 rings (SSSR count). The van der Waals surface area contributed by atoms with Crippen molar-refractivity contribution < 1.29 is 13.9 Å². The Labute approximate surface area is 123 Å². The predicted molar refractivity (Wildman–Crippen MR) is 78.5 cm³/mol. The third-order valence-electron chi connectivity index (χ3n) is 3.12. The number of furan rings is 1. The molecule has 0 fully saturated rings. The first kappa shape index (κ1) is 15.1. The van der Waals surface area contributed by atoms with Crippen molar-refractivity contribution in [2.45, 2.75) is 13.1 Å². The number of hydrogen-bond acceptors (Lipinski definition) is 5. The number of nitrogens with two attached hydrogens (primary N) is 1. The van der Waals surface area contributed by atoms with E-state index in [1.165, 1.54) is 6.26 Å². The van der Waals surface area contributed by atoms with Crippen molar-refractivity contribution in [1.82, 2.24) is 10.3 Å². The van der Waals surface area contributed by atoms with Crippen LogP contribution in [-0.2, 0) is 13.1 Å². The lowest BCUT2D eigenvalue weighted by Gasteiger charge is -2.16. The average molecular weight is 289 g/mol. The average Bonchev–Trinajstić information content (AvgIpc) is 2.94. The molecule has 6 heteroatoms. The van der Waals surface area contributed by atoms with Gasteiger partial charge in [0.2, 0.25) is 0 Å². The van der Waals surface area contributed by atoms with E-state index in [2.05, 4.69) is 5.43 Å². The Kier molecular flexibility index (Phi) is 4.97. The van der Waals surface area contributed by atoms with E-state index in [-0.39, 0.29) is 5.91 Å². The molecule has 6 nitrogen and oxygen atoms in total. The number of hydrazine groups is 1. The molecule has 0 saturated carbocycles. The highest BCUT2D eigenvalue weighted by Crippen LogP contribution is 2.17. The molecular weight excluding hydrogens is 270 g/mol. The molecule has 0 aliphatic heterocycles. The maximum Gasteiger partial charge on any atom is 0.268 e. The van der Waals surface area contributed by atoms with Gasteiger partial charge in [-0.05, 0) is 30.8 Å². The molecule has 1 amide bonds. The fourth-order valence-electron chi connectivity index (χ4n) is 2.13. The van der Waals surface area contributed by atoms with Crippen molar-refractivity contribution in [2.24, 2.45) is 5.84 Å². The minimum atomic E-state index is -0.353. The van der Waals surface area contributed by atoms with Gasteiger partial charge in [-0.1, -0.05) is 12.1 Å². The molecule has 0 atom stereocenters. The largest absolute Gasteiger partial charge is 0.497 e. The van der Waals surface area contributed by atoms with Crippen LogP contribution in [0.4, 0.5) is 0 Å². The quantitative estimate of drug-likeness (QED) is 0.479. The first-order chi connectivity index (χ1) is 10.1. The monoisotopic (exact) mass is 289 g/mol. The highest BCUT2D eigenvalue weighted by atomic mass is 16.5. The van der Waals surface area contributed by atoms with E-state index in [1.807, 2.05) is 36.2 Å². The molecule has 0 unspecified atom stereocenters. The molecule has 0 spiro atoms. The lowest BCUT2D eigenvalue weighted by Crippen LogP contribution is -2.31. The smallest absolute Gasteiger partial charge is 0.268 e. The van der Waals surface area contributed by atoms with E-state index in [4.69, 9.17) is 15.0 Å². The minimum absolute atomic E-state index is 0.353. The van der Waals surface area contributed by atoms with Crippen LogP contribution < -0.4 is 16.0 Å². The van der Waals surface area contributed by atoms with Crippen molar-refractivity contribution in [3.63, 3.8) is 0 Å². The molecule has 21 heavy (non-hydrogen) atoms. The molecule has 1 aromatic carbocycles. The van der Waals surface area contributed by atoms with E-state index in [0.717, 1.165) is 11.3 Å². The van der Waals surface area contributed by atoms with E-state index in [0.29, 0.717) is 24.4 Å². The number of carbonyl (C=O) groups excluding carboxylic acids is 1. The van der Waals surface area contributed by atoms with Crippen LogP contribution in [0.2, 0.25) is 0 Å². The Hall–Kier alpha value is -2.31. The van der Waals surface area contributed by atoms with Crippen molar-refractivity contribution in [3.8, 4) is 5.75 Å². The van der Waals surface area contributed by atoms with Gasteiger partial charge in [-0.25, -0.2) is 5.84 Å². The molecular formula is C15H19N3O3. The Morgan fingerprint density at radius 3 is 2.90 bits per heavy atom. The van der Waals surface area contributed by atoms with Gasteiger partial charge >= 0.3 is 0 Å². The number of nitrogen functional groups attached to an aromatic ring is 1. The molecule has 0 saturated heterocycles. The fourth-order valence-corrected chi connectivity index (χ4v) is 2.13. The molecule has 1 heterocycles. The van der Waals surface area contributed by atoms with E-state index in [1.54, 1.807) is 13.2 Å². The summed E-state index contributed by atoms with van der Waals surface area (Å²) < 4.78 is 10.6. The van der Waals surface area contributed by atoms with Gasteiger partial charge in [-0.3, -0.25) is 15.1 Å². The maximum absolute atomic E-state index is 11.6. The Morgan fingerprint density at radius 1 is 1.38 bits per heavy atom. The molecule has 0 aliphatic rings. The number of ether oxygens (including phenoxy) is 1. The van der Waals surface area contributed by atoms with Gasteiger partial charge in [0.25, 0.3) is 5.91 Å². The zero-order valence-corrected chi connectivity index (χ0v) is 12.1. The number of hydrogen-bond donors (Lipinski definition) is 2. The van der Waals surface area contributed by atoms with E-state index >= 15 is 0 Å². The van der Waals surface area contributed by atoms with E-state index < -0.39 is 0 Å². The molecule has 1 aromatic heterocycles. The normalized spacial score (nSPS) is 10.7. The number of rotatable bonds is 6. The summed E-state index contributed by atoms with van der Waals surface area (Å²) in [7, 11) is 3.59. The van der Waals surface area contributed by atoms with E-state index in [9.17, 15) is 4.79 Å². The van der Waals surface area contributed by atoms with Crippen molar-refractivity contribution in [2.75, 3.05) is 14.2 Å². The second-order valence-electron chi connectivity index (χ2n) is 4.75. The van der Waals surface area contributed by atoms with Gasteiger partial charge in [0.05, 0.1) is 25.5 Å². The Morgan fingerprint density at radius 2 is 2.19 bits per heavy atom. The van der Waals surface area contributed by atoms with Gasteiger partial charge in [0.1, 0.15) is 11.5 Å². The first-order valence-corrected chi connectivity index (χ1v) is 6.53. The summed E-state index contributed by atoms with van der Waals surface area (Å²) in [4.78, 5) is 13.6. The summed E-state index contributed by atoms with van der Waals surface area (Å²) in [6.45, 7) is 1.22. The molecule has 2 aromatic rings. The highest BCUT2D eigenvalue weighted by Gasteiger charge is 2.15. The maximum atomic E-state index is 11.6. The van der Waals surface area contributed by atoms with Crippen molar-refractivity contribution in [3.05, 3.63) is 53.5 Å². The van der Waals surface area contributed by atoms with Crippen LogP contribution >= 0.6 is 0 Å². The second-order valence-corrected chi connectivity index (χ2v) is 4.75. The van der Waals surface area contributed by atoms with Crippen LogP contribution in [0.3, 0.4) is 0 Å². The summed E-state index contributed by atoms with van der Waals surface area (Å²) >= 11 is 0. The summed E-state index contributed by atoms with van der Waals surface area (Å²) in [5.41, 5.74) is 3.68. The molecule has 0 aliphatic carbocycles. The second kappa shape index (κ2) is 6.92. The summed E-state index contributed by atoms with van der Waals surface area (Å²) in [6.07, 6.45) is 1.49. The highest BCUT2D eigenvalue weighted by molar-refractivity contribution is 5.94. The zero-order valence-electron chi connectivity index (χ0n) is 12.1. The Balaban J connectivity index is 2.03. The SMILES string of the molecule is COc1cccc(CN(C)Cc2occc2C(=O)NN)c1. The van der Waals surface area contributed by atoms with Crippen LogP contribution in [0.5, 0.6) is 5.75 Å². The number of carbonyl (C=O) groups is 1. The minimum Gasteiger partial charge on any atom is -0.497 e. The zero-order chi connectivity index (χ0) is 15.2. The van der Waals surface area contributed by atoms with Crippen LogP contribution in [0.15, 0.2) is 41.0 Å². The topological polar surface area (TPSA) is 80.7 Å². The van der Waals surface area contributed by atoms with Crippen LogP contribution in [0.25, 0.3) is 0 Å². The Bertz CT molecular complexity index is 610. The van der Waals surface area contributed by atoms with Crippen molar-refractivity contribution in [1.29, 1.82) is 0 Å². The number of amides is 1. The molecule has 112 valence electrons. The first-order valence-electron chi connectivity index (χ1n) is 6.53. The summed E-state index contributed by atoms with van der Waals surface area (Å²) in [6, 6.07) is 9.46. The standard InChI is InChI=1S/C15H19N3O3/c1-18(9-11-4-3-5-12(8-11)20-2)10-14-13(6-7-21-14)15(19)17-16/h3-8H,9-10,16H2,1-2H3,(H,17,19). The predicted octanol–water partition coefficient (Wildman–Crippen LogP) is 1.52. The number of nitrogens with one attached hydrogen (secondary N) is 1. The van der Waals surface area contributed by atoms with Gasteiger partial charge in [0.15, 0.2) is 0 Å². The molecule has 3 N–H and O–H groups in total. The van der Waals surface area contributed by atoms with Crippen LogP contribution in [0.1, 0.15) is 21.7 Å². The lowest BCUT2D eigenvalue weighted by molar-refractivity contribution is 0.0950. The number of methoxy groups -OCH3 is 1. The number of benzene rings is 1. The third-order valence-corrected chi connectivity index (χ3v) is 3.12. The lowest BCUT2D eigenvalue weighted by atomic mass is 10.2. The third kappa shape index (κ3) is 3.84. The fraction of sp³-hybridized carbons (Fsp3) is 0.267. The molecule has 0 radical (unpaired) electrons. The summed E-state index contributed by atoms with van der Waals surface area (Å²) in [5.74, 6) is 6.20. The number of nitrogens with zero attached hydrogens (tertiary/aromatic N) is 1.